The van der Waals surface area contributed by atoms with E-state index < -0.39 is 5.91 Å². The summed E-state index contributed by atoms with van der Waals surface area (Å²) in [5, 5.41) is 0. The van der Waals surface area contributed by atoms with Crippen molar-refractivity contribution in [3.05, 3.63) is 58.2 Å². The summed E-state index contributed by atoms with van der Waals surface area (Å²) in [4.78, 5) is 41.8. The zero-order valence-electron chi connectivity index (χ0n) is 13.4. The molecule has 0 radical (unpaired) electrons. The summed E-state index contributed by atoms with van der Waals surface area (Å²) < 4.78 is 0. The first-order valence-corrected chi connectivity index (χ1v) is 7.44. The zero-order chi connectivity index (χ0) is 17.0. The number of rotatable bonds is 5. The van der Waals surface area contributed by atoms with E-state index >= 15 is 0 Å². The van der Waals surface area contributed by atoms with Crippen LogP contribution in [0.25, 0.3) is 0 Å². The number of benzene rings is 1. The van der Waals surface area contributed by atoms with E-state index in [2.05, 4.69) is 10.3 Å². The number of hydrogen-bond acceptors (Lipinski definition) is 4. The van der Waals surface area contributed by atoms with Crippen molar-refractivity contribution in [3.8, 4) is 0 Å². The van der Waals surface area contributed by atoms with Gasteiger partial charge in [-0.3, -0.25) is 19.2 Å². The molecule has 0 fully saturated rings. The van der Waals surface area contributed by atoms with Crippen molar-refractivity contribution in [2.75, 3.05) is 7.11 Å². The number of carbonyl (C=O) groups is 3. The molecule has 0 saturated carbocycles. The van der Waals surface area contributed by atoms with E-state index in [1.807, 2.05) is 6.92 Å². The lowest BCUT2D eigenvalue weighted by Crippen LogP contribution is -2.25. The molecule has 1 aliphatic carbocycles. The lowest BCUT2D eigenvalue weighted by atomic mass is 9.83. The van der Waals surface area contributed by atoms with Gasteiger partial charge in [0.15, 0.2) is 11.6 Å². The average molecular weight is 313 g/mol. The van der Waals surface area contributed by atoms with E-state index in [1.165, 1.54) is 13.2 Å². The van der Waals surface area contributed by atoms with Crippen molar-refractivity contribution in [2.45, 2.75) is 26.7 Å². The van der Waals surface area contributed by atoms with Gasteiger partial charge >= 0.3 is 0 Å². The molecule has 1 aromatic carbocycles. The van der Waals surface area contributed by atoms with Crippen molar-refractivity contribution >= 4 is 17.5 Å². The largest absolute Gasteiger partial charge is 0.289 e. The zero-order valence-corrected chi connectivity index (χ0v) is 13.4. The predicted molar refractivity (Wildman–Crippen MR) is 85.9 cm³/mol. The highest BCUT2D eigenvalue weighted by molar-refractivity contribution is 6.28. The highest BCUT2D eigenvalue weighted by atomic mass is 16.6. The first-order chi connectivity index (χ1) is 11.0. The van der Waals surface area contributed by atoms with Crippen LogP contribution < -0.4 is 5.48 Å². The van der Waals surface area contributed by atoms with Gasteiger partial charge in [0.2, 0.25) is 0 Å². The number of Topliss-reactive ketones (excluding diaryl/α,β-unsaturated/α-hetero) is 2. The highest BCUT2D eigenvalue weighted by Gasteiger charge is 2.29. The summed E-state index contributed by atoms with van der Waals surface area (Å²) in [7, 11) is 1.34. The van der Waals surface area contributed by atoms with Crippen LogP contribution in [-0.2, 0) is 9.63 Å². The van der Waals surface area contributed by atoms with Gasteiger partial charge in [0.05, 0.1) is 7.11 Å². The van der Waals surface area contributed by atoms with Crippen LogP contribution in [0.1, 0.15) is 47.4 Å². The summed E-state index contributed by atoms with van der Waals surface area (Å²) in [6.07, 6.45) is 2.71. The minimum Gasteiger partial charge on any atom is -0.289 e. The molecule has 120 valence electrons. The van der Waals surface area contributed by atoms with E-state index in [4.69, 9.17) is 0 Å². The van der Waals surface area contributed by atoms with Crippen molar-refractivity contribution in [1.29, 1.82) is 0 Å². The van der Waals surface area contributed by atoms with Crippen LogP contribution in [0, 0.1) is 0 Å². The second kappa shape index (κ2) is 7.15. The minimum absolute atomic E-state index is 0.186. The maximum atomic E-state index is 12.7. The molecule has 0 heterocycles. The number of allylic oxidation sites excluding steroid dienone is 3. The Labute approximate surface area is 135 Å². The summed E-state index contributed by atoms with van der Waals surface area (Å²) in [5.41, 5.74) is 4.06. The lowest BCUT2D eigenvalue weighted by Gasteiger charge is -2.17. The second-order valence-corrected chi connectivity index (χ2v) is 5.30. The van der Waals surface area contributed by atoms with Gasteiger partial charge in [0.1, 0.15) is 0 Å². The fourth-order valence-electron chi connectivity index (χ4n) is 2.55. The topological polar surface area (TPSA) is 72.5 Å². The normalized spacial score (nSPS) is 14.8. The van der Waals surface area contributed by atoms with Crippen LogP contribution in [0.15, 0.2) is 47.1 Å². The molecule has 0 aliphatic heterocycles. The SMILES string of the molecule is CCC/C(=C\C1=C(C)C(=O)c2ccccc2C1=O)C(=O)NOC. The van der Waals surface area contributed by atoms with Crippen LogP contribution in [0.3, 0.4) is 0 Å². The Morgan fingerprint density at radius 1 is 1.17 bits per heavy atom. The number of carbonyl (C=O) groups excluding carboxylic acids is 3. The Morgan fingerprint density at radius 3 is 2.35 bits per heavy atom. The highest BCUT2D eigenvalue weighted by Crippen LogP contribution is 2.28. The van der Waals surface area contributed by atoms with Gasteiger partial charge in [-0.05, 0) is 19.4 Å². The van der Waals surface area contributed by atoms with E-state index in [-0.39, 0.29) is 17.1 Å². The molecule has 1 amide bonds. The number of amides is 1. The third-order valence-corrected chi connectivity index (χ3v) is 3.73. The molecule has 5 nitrogen and oxygen atoms in total. The predicted octanol–water partition coefficient (Wildman–Crippen LogP) is 2.79. The van der Waals surface area contributed by atoms with E-state index in [0.29, 0.717) is 28.7 Å². The molecule has 23 heavy (non-hydrogen) atoms. The molecular weight excluding hydrogens is 294 g/mol. The monoisotopic (exact) mass is 313 g/mol. The molecule has 2 rings (SSSR count). The Hall–Kier alpha value is -2.53. The molecule has 1 aliphatic rings. The third-order valence-electron chi connectivity index (χ3n) is 3.73. The smallest absolute Gasteiger partial charge is 0.270 e. The first kappa shape index (κ1) is 16.8. The number of nitrogens with one attached hydrogen (secondary N) is 1. The number of ketones is 2. The summed E-state index contributed by atoms with van der Waals surface area (Å²) >= 11 is 0. The van der Waals surface area contributed by atoms with E-state index in [1.54, 1.807) is 31.2 Å². The summed E-state index contributed by atoms with van der Waals surface area (Å²) in [5.74, 6) is -0.834. The van der Waals surface area contributed by atoms with Gasteiger partial charge < -0.3 is 0 Å². The molecule has 5 heteroatoms. The Kier molecular flexibility index (Phi) is 5.24. The van der Waals surface area contributed by atoms with Gasteiger partial charge in [-0.1, -0.05) is 37.6 Å². The maximum absolute atomic E-state index is 12.7. The summed E-state index contributed by atoms with van der Waals surface area (Å²) in [6, 6.07) is 6.72. The van der Waals surface area contributed by atoms with Crippen molar-refractivity contribution in [2.24, 2.45) is 0 Å². The number of hydroxylamine groups is 1. The average Bonchev–Trinajstić information content (AvgIpc) is 2.56. The second-order valence-electron chi connectivity index (χ2n) is 5.30. The van der Waals surface area contributed by atoms with Gasteiger partial charge in [0.25, 0.3) is 5.91 Å². The van der Waals surface area contributed by atoms with Crippen LogP contribution in [-0.4, -0.2) is 24.6 Å². The Balaban J connectivity index is 2.51. The number of hydrogen-bond donors (Lipinski definition) is 1. The molecule has 0 atom stereocenters. The molecule has 1 aromatic rings. The van der Waals surface area contributed by atoms with Crippen LogP contribution in [0.5, 0.6) is 0 Å². The Bertz CT molecular complexity index is 728. The molecule has 0 saturated heterocycles. The lowest BCUT2D eigenvalue weighted by molar-refractivity contribution is -0.127. The minimum atomic E-state index is -0.409. The fourth-order valence-corrected chi connectivity index (χ4v) is 2.55. The van der Waals surface area contributed by atoms with Gasteiger partial charge in [-0.25, -0.2) is 5.48 Å². The number of fused-ring (bicyclic) bond motifs is 1. The van der Waals surface area contributed by atoms with Crippen molar-refractivity contribution < 1.29 is 19.2 Å². The van der Waals surface area contributed by atoms with E-state index in [0.717, 1.165) is 6.42 Å². The standard InChI is InChI=1S/C18H19NO4/c1-4-7-12(18(22)19-23-3)10-15-11(2)16(20)13-8-5-6-9-14(13)17(15)21/h5-6,8-10H,4,7H2,1-3H3,(H,19,22)/b12-10+. The van der Waals surface area contributed by atoms with Crippen LogP contribution in [0.4, 0.5) is 0 Å². The quantitative estimate of drug-likeness (QED) is 0.670. The molecule has 0 spiro atoms. The van der Waals surface area contributed by atoms with Gasteiger partial charge in [-0.2, -0.15) is 0 Å². The van der Waals surface area contributed by atoms with Crippen molar-refractivity contribution in [3.63, 3.8) is 0 Å². The summed E-state index contributed by atoms with van der Waals surface area (Å²) in [6.45, 7) is 3.54. The Morgan fingerprint density at radius 2 is 1.78 bits per heavy atom. The van der Waals surface area contributed by atoms with Gasteiger partial charge in [0, 0.05) is 27.8 Å². The van der Waals surface area contributed by atoms with Crippen molar-refractivity contribution in [1.82, 2.24) is 5.48 Å². The molecule has 1 N–H and O–H groups in total. The third kappa shape index (κ3) is 3.29. The van der Waals surface area contributed by atoms with Crippen LogP contribution >= 0.6 is 0 Å². The maximum Gasteiger partial charge on any atom is 0.270 e. The molecular formula is C18H19NO4. The molecule has 0 unspecified atom stereocenters. The molecule has 0 aromatic heterocycles. The van der Waals surface area contributed by atoms with Crippen LogP contribution in [0.2, 0.25) is 0 Å². The molecule has 0 bridgehead atoms. The fraction of sp³-hybridized carbons (Fsp3) is 0.278. The van der Waals surface area contributed by atoms with Gasteiger partial charge in [-0.15, -0.1) is 0 Å². The first-order valence-electron chi connectivity index (χ1n) is 7.44. The van der Waals surface area contributed by atoms with E-state index in [9.17, 15) is 14.4 Å².